The summed E-state index contributed by atoms with van der Waals surface area (Å²) in [5.74, 6) is -1.08. The van der Waals surface area contributed by atoms with Crippen molar-refractivity contribution in [3.63, 3.8) is 0 Å². The van der Waals surface area contributed by atoms with Gasteiger partial charge >= 0.3 is 5.97 Å². The van der Waals surface area contributed by atoms with Crippen molar-refractivity contribution in [3.05, 3.63) is 0 Å². The molecule has 0 aliphatic rings. The van der Waals surface area contributed by atoms with Crippen molar-refractivity contribution in [2.75, 3.05) is 13.6 Å². The number of hydrogen-bond acceptors (Lipinski definition) is 3. The van der Waals surface area contributed by atoms with Crippen LogP contribution in [-0.2, 0) is 9.59 Å². The largest absolute Gasteiger partial charge is 0.480 e. The van der Waals surface area contributed by atoms with Crippen molar-refractivity contribution >= 4 is 11.9 Å². The van der Waals surface area contributed by atoms with Crippen LogP contribution in [0.2, 0.25) is 0 Å². The summed E-state index contributed by atoms with van der Waals surface area (Å²) in [7, 11) is 1.61. The van der Waals surface area contributed by atoms with E-state index < -0.39 is 12.0 Å². The van der Waals surface area contributed by atoms with Crippen LogP contribution in [-0.4, -0.2) is 47.6 Å². The molecule has 0 heterocycles. The molecule has 5 heteroatoms. The number of hydrogen-bond donors (Lipinski definition) is 2. The normalized spacial score (nSPS) is 13.0. The first-order valence-electron chi connectivity index (χ1n) is 4.57. The van der Waals surface area contributed by atoms with Crippen LogP contribution in [0.1, 0.15) is 20.8 Å². The van der Waals surface area contributed by atoms with Crippen molar-refractivity contribution < 1.29 is 14.7 Å². The maximum atomic E-state index is 11.4. The van der Waals surface area contributed by atoms with Gasteiger partial charge < -0.3 is 10.4 Å². The molecule has 0 spiro atoms. The number of rotatable bonds is 5. The number of carbonyl (C=O) groups excluding carboxylic acids is 1. The molecule has 1 amide bonds. The second kappa shape index (κ2) is 5.59. The molecule has 1 unspecified atom stereocenters. The number of amides is 1. The third kappa shape index (κ3) is 4.81. The Morgan fingerprint density at radius 2 is 1.86 bits per heavy atom. The fourth-order valence-corrected chi connectivity index (χ4v) is 0.956. The first-order chi connectivity index (χ1) is 6.34. The van der Waals surface area contributed by atoms with E-state index >= 15 is 0 Å². The van der Waals surface area contributed by atoms with Gasteiger partial charge in [-0.2, -0.15) is 0 Å². The minimum absolute atomic E-state index is 0.0724. The Morgan fingerprint density at radius 3 is 2.21 bits per heavy atom. The molecule has 0 radical (unpaired) electrons. The van der Waals surface area contributed by atoms with Gasteiger partial charge in [0.15, 0.2) is 0 Å². The molecule has 14 heavy (non-hydrogen) atoms. The molecule has 1 atom stereocenters. The SMILES string of the molecule is CC(C)NC(=O)C(C)N(C)CC(=O)O. The minimum Gasteiger partial charge on any atom is -0.480 e. The van der Waals surface area contributed by atoms with E-state index in [1.165, 1.54) is 4.90 Å². The Balaban J connectivity index is 4.10. The maximum absolute atomic E-state index is 11.4. The minimum atomic E-state index is -0.934. The molecular formula is C9H18N2O3. The molecule has 0 aromatic carbocycles. The van der Waals surface area contributed by atoms with Gasteiger partial charge in [-0.25, -0.2) is 0 Å². The molecule has 0 aliphatic heterocycles. The average molecular weight is 202 g/mol. The zero-order valence-corrected chi connectivity index (χ0v) is 9.07. The van der Waals surface area contributed by atoms with Crippen LogP contribution in [0, 0.1) is 0 Å². The zero-order chi connectivity index (χ0) is 11.3. The van der Waals surface area contributed by atoms with Gasteiger partial charge in [0.2, 0.25) is 5.91 Å². The van der Waals surface area contributed by atoms with E-state index in [0.717, 1.165) is 0 Å². The molecule has 0 aromatic heterocycles. The summed E-state index contributed by atoms with van der Waals surface area (Å²) in [6.45, 7) is 5.27. The van der Waals surface area contributed by atoms with Crippen molar-refractivity contribution in [1.29, 1.82) is 0 Å². The highest BCUT2D eigenvalue weighted by Gasteiger charge is 2.19. The zero-order valence-electron chi connectivity index (χ0n) is 9.07. The van der Waals surface area contributed by atoms with E-state index in [9.17, 15) is 9.59 Å². The molecule has 82 valence electrons. The van der Waals surface area contributed by atoms with E-state index in [1.54, 1.807) is 14.0 Å². The molecule has 2 N–H and O–H groups in total. The predicted octanol–water partition coefficient (Wildman–Crippen LogP) is -0.0841. The monoisotopic (exact) mass is 202 g/mol. The van der Waals surface area contributed by atoms with E-state index in [-0.39, 0.29) is 18.5 Å². The van der Waals surface area contributed by atoms with Gasteiger partial charge in [-0.3, -0.25) is 14.5 Å². The fourth-order valence-electron chi connectivity index (χ4n) is 0.956. The molecule has 0 aromatic rings. The summed E-state index contributed by atoms with van der Waals surface area (Å²) in [6.07, 6.45) is 0. The Labute approximate surface area is 84.1 Å². The first kappa shape index (κ1) is 12.9. The summed E-state index contributed by atoms with van der Waals surface area (Å²) in [6, 6.07) is -0.350. The van der Waals surface area contributed by atoms with Gasteiger partial charge in [-0.05, 0) is 27.8 Å². The lowest BCUT2D eigenvalue weighted by molar-refractivity contribution is -0.139. The number of carboxylic acids is 1. The lowest BCUT2D eigenvalue weighted by Gasteiger charge is -2.22. The van der Waals surface area contributed by atoms with E-state index in [1.807, 2.05) is 13.8 Å². The molecule has 0 rings (SSSR count). The number of aliphatic carboxylic acids is 1. The fraction of sp³-hybridized carbons (Fsp3) is 0.778. The Bertz CT molecular complexity index is 216. The lowest BCUT2D eigenvalue weighted by Crippen LogP contribution is -2.46. The standard InChI is InChI=1S/C9H18N2O3/c1-6(2)10-9(14)7(3)11(4)5-8(12)13/h6-7H,5H2,1-4H3,(H,10,14)(H,12,13). The van der Waals surface area contributed by atoms with Gasteiger partial charge in [0.1, 0.15) is 0 Å². The summed E-state index contributed by atoms with van der Waals surface area (Å²) in [5, 5.41) is 11.2. The summed E-state index contributed by atoms with van der Waals surface area (Å²) >= 11 is 0. The highest BCUT2D eigenvalue weighted by atomic mass is 16.4. The number of nitrogens with zero attached hydrogens (tertiary/aromatic N) is 1. The Morgan fingerprint density at radius 1 is 1.36 bits per heavy atom. The van der Waals surface area contributed by atoms with Crippen LogP contribution in [0.15, 0.2) is 0 Å². The van der Waals surface area contributed by atoms with Gasteiger partial charge in [-0.1, -0.05) is 0 Å². The van der Waals surface area contributed by atoms with Crippen LogP contribution in [0.4, 0.5) is 0 Å². The Kier molecular flexibility index (Phi) is 5.15. The van der Waals surface area contributed by atoms with Crippen LogP contribution in [0.3, 0.4) is 0 Å². The second-order valence-electron chi connectivity index (χ2n) is 3.65. The van der Waals surface area contributed by atoms with Crippen LogP contribution < -0.4 is 5.32 Å². The van der Waals surface area contributed by atoms with Crippen LogP contribution in [0.5, 0.6) is 0 Å². The van der Waals surface area contributed by atoms with Crippen molar-refractivity contribution in [2.45, 2.75) is 32.9 Å². The summed E-state index contributed by atoms with van der Waals surface area (Å²) in [4.78, 5) is 23.3. The first-order valence-corrected chi connectivity index (χ1v) is 4.57. The van der Waals surface area contributed by atoms with Crippen LogP contribution in [0.25, 0.3) is 0 Å². The smallest absolute Gasteiger partial charge is 0.317 e. The summed E-state index contributed by atoms with van der Waals surface area (Å²) < 4.78 is 0. The van der Waals surface area contributed by atoms with Crippen LogP contribution >= 0.6 is 0 Å². The predicted molar refractivity (Wildman–Crippen MR) is 53.0 cm³/mol. The van der Waals surface area contributed by atoms with E-state index in [0.29, 0.717) is 0 Å². The summed E-state index contributed by atoms with van der Waals surface area (Å²) in [5.41, 5.74) is 0. The van der Waals surface area contributed by atoms with Gasteiger partial charge in [0.25, 0.3) is 0 Å². The molecule has 0 saturated carbocycles. The molecule has 0 bridgehead atoms. The van der Waals surface area contributed by atoms with E-state index in [4.69, 9.17) is 5.11 Å². The number of carbonyl (C=O) groups is 2. The second-order valence-corrected chi connectivity index (χ2v) is 3.65. The quantitative estimate of drug-likeness (QED) is 0.654. The van der Waals surface area contributed by atoms with Crippen molar-refractivity contribution in [3.8, 4) is 0 Å². The lowest BCUT2D eigenvalue weighted by atomic mass is 10.2. The van der Waals surface area contributed by atoms with Crippen molar-refractivity contribution in [1.82, 2.24) is 10.2 Å². The van der Waals surface area contributed by atoms with E-state index in [2.05, 4.69) is 5.32 Å². The highest BCUT2D eigenvalue weighted by molar-refractivity contribution is 5.82. The Hall–Kier alpha value is -1.10. The molecule has 0 aliphatic carbocycles. The number of carboxylic acid groups (broad SMARTS) is 1. The van der Waals surface area contributed by atoms with Gasteiger partial charge in [0, 0.05) is 6.04 Å². The molecule has 5 nitrogen and oxygen atoms in total. The van der Waals surface area contributed by atoms with Gasteiger partial charge in [-0.15, -0.1) is 0 Å². The molecular weight excluding hydrogens is 184 g/mol. The van der Waals surface area contributed by atoms with Gasteiger partial charge in [0.05, 0.1) is 12.6 Å². The third-order valence-corrected chi connectivity index (χ3v) is 1.86. The number of nitrogens with one attached hydrogen (secondary N) is 1. The average Bonchev–Trinajstić information content (AvgIpc) is 2.00. The topological polar surface area (TPSA) is 69.6 Å². The molecule has 0 saturated heterocycles. The number of likely N-dealkylation sites (N-methyl/N-ethyl adjacent to an activating group) is 1. The molecule has 0 fully saturated rings. The van der Waals surface area contributed by atoms with Crippen molar-refractivity contribution in [2.24, 2.45) is 0 Å². The maximum Gasteiger partial charge on any atom is 0.317 e. The highest BCUT2D eigenvalue weighted by Crippen LogP contribution is 1.95. The third-order valence-electron chi connectivity index (χ3n) is 1.86.